The van der Waals surface area contributed by atoms with Crippen molar-refractivity contribution in [3.8, 4) is 16.9 Å². The maximum absolute atomic E-state index is 11.9. The van der Waals surface area contributed by atoms with Crippen molar-refractivity contribution in [2.45, 2.75) is 26.4 Å². The van der Waals surface area contributed by atoms with Gasteiger partial charge < -0.3 is 9.84 Å². The molecule has 1 aromatic heterocycles. The number of anilines is 1. The minimum absolute atomic E-state index is 0.0942. The Morgan fingerprint density at radius 1 is 1.04 bits per heavy atom. The number of carboxylic acids is 1. The van der Waals surface area contributed by atoms with Crippen LogP contribution in [-0.4, -0.2) is 32.6 Å². The molecule has 0 unspecified atom stereocenters. The molecule has 7 heteroatoms. The Morgan fingerprint density at radius 2 is 1.68 bits per heavy atom. The van der Waals surface area contributed by atoms with Gasteiger partial charge >= 0.3 is 12.1 Å². The van der Waals surface area contributed by atoms with E-state index in [0.717, 1.165) is 5.69 Å². The summed E-state index contributed by atoms with van der Waals surface area (Å²) in [5.74, 6) is -1.06. The number of benzene rings is 2. The molecule has 28 heavy (non-hydrogen) atoms. The summed E-state index contributed by atoms with van der Waals surface area (Å²) in [4.78, 5) is 23.5. The lowest BCUT2D eigenvalue weighted by Gasteiger charge is -2.19. The predicted octanol–water partition coefficient (Wildman–Crippen LogP) is 4.58. The number of amides is 1. The van der Waals surface area contributed by atoms with Crippen LogP contribution in [0.15, 0.2) is 60.8 Å². The standard InChI is InChI=1S/C21H21N3O4/c1-21(2,3)28-20(27)22-15-11-9-14(10-12-15)18-17(19(25)26)13-24(23-18)16-7-5-4-6-8-16/h4-13H,1-3H3,(H,22,27)(H,25,26). The first-order valence-corrected chi connectivity index (χ1v) is 8.72. The van der Waals surface area contributed by atoms with Gasteiger partial charge in [-0.05, 0) is 45.0 Å². The summed E-state index contributed by atoms with van der Waals surface area (Å²) in [5, 5.41) is 16.6. The Bertz CT molecular complexity index is 987. The zero-order chi connectivity index (χ0) is 20.3. The van der Waals surface area contributed by atoms with Gasteiger partial charge in [0.1, 0.15) is 16.9 Å². The molecule has 3 aromatic rings. The van der Waals surface area contributed by atoms with Gasteiger partial charge in [0, 0.05) is 17.4 Å². The lowest BCUT2D eigenvalue weighted by Crippen LogP contribution is -2.27. The molecule has 0 fully saturated rings. The lowest BCUT2D eigenvalue weighted by atomic mass is 10.1. The van der Waals surface area contributed by atoms with Crippen LogP contribution >= 0.6 is 0 Å². The van der Waals surface area contributed by atoms with Crippen molar-refractivity contribution in [2.24, 2.45) is 0 Å². The number of carbonyl (C=O) groups is 2. The van der Waals surface area contributed by atoms with Crippen LogP contribution < -0.4 is 5.32 Å². The van der Waals surface area contributed by atoms with Crippen LogP contribution in [0.4, 0.5) is 10.5 Å². The largest absolute Gasteiger partial charge is 0.478 e. The Morgan fingerprint density at radius 3 is 2.25 bits per heavy atom. The third kappa shape index (κ3) is 4.56. The fraction of sp³-hybridized carbons (Fsp3) is 0.190. The van der Waals surface area contributed by atoms with Crippen molar-refractivity contribution in [1.29, 1.82) is 0 Å². The lowest BCUT2D eigenvalue weighted by molar-refractivity contribution is 0.0634. The maximum Gasteiger partial charge on any atom is 0.412 e. The Kier molecular flexibility index (Phi) is 5.17. The van der Waals surface area contributed by atoms with Crippen LogP contribution in [0, 0.1) is 0 Å². The van der Waals surface area contributed by atoms with E-state index in [1.54, 1.807) is 45.0 Å². The fourth-order valence-electron chi connectivity index (χ4n) is 2.59. The number of para-hydroxylation sites is 1. The number of rotatable bonds is 4. The molecule has 0 bridgehead atoms. The second-order valence-electron chi connectivity index (χ2n) is 7.18. The van der Waals surface area contributed by atoms with Crippen molar-refractivity contribution in [2.75, 3.05) is 5.32 Å². The molecule has 0 saturated carbocycles. The maximum atomic E-state index is 11.9. The van der Waals surface area contributed by atoms with Crippen molar-refractivity contribution < 1.29 is 19.4 Å². The summed E-state index contributed by atoms with van der Waals surface area (Å²) in [6.45, 7) is 5.35. The average Bonchev–Trinajstić information content (AvgIpc) is 3.07. The molecule has 0 aliphatic carbocycles. The summed E-state index contributed by atoms with van der Waals surface area (Å²) in [5.41, 5.74) is 1.78. The number of aromatic carboxylic acids is 1. The zero-order valence-electron chi connectivity index (χ0n) is 15.8. The van der Waals surface area contributed by atoms with Gasteiger partial charge in [0.15, 0.2) is 0 Å². The number of hydrogen-bond acceptors (Lipinski definition) is 4. The molecule has 0 spiro atoms. The molecule has 0 radical (unpaired) electrons. The zero-order valence-corrected chi connectivity index (χ0v) is 15.8. The number of hydrogen-bond donors (Lipinski definition) is 2. The second kappa shape index (κ2) is 7.56. The highest BCUT2D eigenvalue weighted by molar-refractivity contribution is 5.95. The Labute approximate surface area is 162 Å². The number of carbonyl (C=O) groups excluding carboxylic acids is 1. The van der Waals surface area contributed by atoms with Crippen molar-refractivity contribution in [3.63, 3.8) is 0 Å². The summed E-state index contributed by atoms with van der Waals surface area (Å²) < 4.78 is 6.75. The van der Waals surface area contributed by atoms with Gasteiger partial charge in [-0.3, -0.25) is 5.32 Å². The summed E-state index contributed by atoms with van der Waals surface area (Å²) >= 11 is 0. The SMILES string of the molecule is CC(C)(C)OC(=O)Nc1ccc(-c2nn(-c3ccccc3)cc2C(=O)O)cc1. The van der Waals surface area contributed by atoms with E-state index >= 15 is 0 Å². The average molecular weight is 379 g/mol. The van der Waals surface area contributed by atoms with Gasteiger partial charge in [-0.2, -0.15) is 5.10 Å². The monoisotopic (exact) mass is 379 g/mol. The van der Waals surface area contributed by atoms with Crippen LogP contribution in [0.1, 0.15) is 31.1 Å². The highest BCUT2D eigenvalue weighted by Gasteiger charge is 2.19. The van der Waals surface area contributed by atoms with Gasteiger partial charge in [0.25, 0.3) is 0 Å². The van der Waals surface area contributed by atoms with E-state index in [2.05, 4.69) is 10.4 Å². The van der Waals surface area contributed by atoms with Crippen molar-refractivity contribution in [3.05, 3.63) is 66.4 Å². The number of ether oxygens (including phenoxy) is 1. The highest BCUT2D eigenvalue weighted by Crippen LogP contribution is 2.25. The Hall–Kier alpha value is -3.61. The Balaban J connectivity index is 1.86. The molecule has 0 saturated heterocycles. The first kappa shape index (κ1) is 19.2. The topological polar surface area (TPSA) is 93.5 Å². The van der Waals surface area contributed by atoms with E-state index in [4.69, 9.17) is 4.74 Å². The molecule has 1 heterocycles. The van der Waals surface area contributed by atoms with Gasteiger partial charge in [-0.1, -0.05) is 30.3 Å². The third-order valence-electron chi connectivity index (χ3n) is 3.77. The summed E-state index contributed by atoms with van der Waals surface area (Å²) in [6, 6.07) is 16.0. The van der Waals surface area contributed by atoms with E-state index in [9.17, 15) is 14.7 Å². The quantitative estimate of drug-likeness (QED) is 0.692. The normalized spacial score (nSPS) is 11.1. The third-order valence-corrected chi connectivity index (χ3v) is 3.77. The van der Waals surface area contributed by atoms with E-state index in [1.165, 1.54) is 10.9 Å². The number of nitrogens with one attached hydrogen (secondary N) is 1. The van der Waals surface area contributed by atoms with Crippen molar-refractivity contribution >= 4 is 17.7 Å². The van der Waals surface area contributed by atoms with E-state index in [-0.39, 0.29) is 5.56 Å². The molecule has 1 amide bonds. The number of carboxylic acid groups (broad SMARTS) is 1. The molecule has 0 aliphatic heterocycles. The van der Waals surface area contributed by atoms with Crippen LogP contribution in [0.25, 0.3) is 16.9 Å². The molecular formula is C21H21N3O4. The van der Waals surface area contributed by atoms with E-state index in [0.29, 0.717) is 16.9 Å². The first-order chi connectivity index (χ1) is 13.2. The van der Waals surface area contributed by atoms with Crippen LogP contribution in [0.2, 0.25) is 0 Å². The molecule has 2 N–H and O–H groups in total. The minimum Gasteiger partial charge on any atom is -0.478 e. The predicted molar refractivity (Wildman–Crippen MR) is 106 cm³/mol. The van der Waals surface area contributed by atoms with Crippen LogP contribution in [0.3, 0.4) is 0 Å². The fourth-order valence-corrected chi connectivity index (χ4v) is 2.59. The smallest absolute Gasteiger partial charge is 0.412 e. The van der Waals surface area contributed by atoms with Gasteiger partial charge in [-0.15, -0.1) is 0 Å². The van der Waals surface area contributed by atoms with Gasteiger partial charge in [0.05, 0.1) is 5.69 Å². The number of aromatic nitrogens is 2. The van der Waals surface area contributed by atoms with E-state index in [1.807, 2.05) is 30.3 Å². The van der Waals surface area contributed by atoms with Crippen LogP contribution in [-0.2, 0) is 4.74 Å². The second-order valence-corrected chi connectivity index (χ2v) is 7.18. The molecule has 2 aromatic carbocycles. The molecule has 144 valence electrons. The molecular weight excluding hydrogens is 358 g/mol. The van der Waals surface area contributed by atoms with Crippen molar-refractivity contribution in [1.82, 2.24) is 9.78 Å². The molecule has 3 rings (SSSR count). The molecule has 0 atom stereocenters. The molecule has 0 aliphatic rings. The van der Waals surface area contributed by atoms with Crippen LogP contribution in [0.5, 0.6) is 0 Å². The van der Waals surface area contributed by atoms with Gasteiger partial charge in [0.2, 0.25) is 0 Å². The summed E-state index contributed by atoms with van der Waals surface area (Å²) in [6.07, 6.45) is 0.930. The summed E-state index contributed by atoms with van der Waals surface area (Å²) in [7, 11) is 0. The van der Waals surface area contributed by atoms with E-state index < -0.39 is 17.7 Å². The molecule has 7 nitrogen and oxygen atoms in total. The number of nitrogens with zero attached hydrogens (tertiary/aromatic N) is 2. The van der Waals surface area contributed by atoms with Gasteiger partial charge in [-0.25, -0.2) is 14.3 Å². The minimum atomic E-state index is -1.06. The highest BCUT2D eigenvalue weighted by atomic mass is 16.6. The first-order valence-electron chi connectivity index (χ1n) is 8.72.